The van der Waals surface area contributed by atoms with Crippen molar-refractivity contribution >= 4 is 67.6 Å². The highest BCUT2D eigenvalue weighted by atomic mass is 127. The summed E-state index contributed by atoms with van der Waals surface area (Å²) in [4.78, 5) is 21.8. The monoisotopic (exact) mass is 531 g/mol. The van der Waals surface area contributed by atoms with Gasteiger partial charge in [0.1, 0.15) is 5.75 Å². The van der Waals surface area contributed by atoms with Crippen molar-refractivity contribution in [3.8, 4) is 5.75 Å². The number of hydrogen-bond donors (Lipinski definition) is 0. The Balaban J connectivity index is 0.00000280. The number of benzene rings is 2. The molecule has 150 valence electrons. The van der Waals surface area contributed by atoms with Gasteiger partial charge < -0.3 is 9.64 Å². The van der Waals surface area contributed by atoms with Crippen LogP contribution in [0, 0.1) is 3.57 Å². The number of hydrogen-bond acceptors (Lipinski definition) is 5. The molecule has 0 aliphatic rings. The topological polar surface area (TPSA) is 45.7 Å². The van der Waals surface area contributed by atoms with Crippen molar-refractivity contribution in [3.63, 3.8) is 0 Å². The Hall–Kier alpha value is -1.42. The van der Waals surface area contributed by atoms with Gasteiger partial charge in [0.15, 0.2) is 5.13 Å². The maximum Gasteiger partial charge on any atom is 0.261 e. The van der Waals surface area contributed by atoms with Crippen molar-refractivity contribution < 1.29 is 9.53 Å². The van der Waals surface area contributed by atoms with Gasteiger partial charge in [-0.1, -0.05) is 23.5 Å². The second-order valence-electron chi connectivity index (χ2n) is 6.30. The maximum absolute atomic E-state index is 13.3. The fraction of sp³-hybridized carbons (Fsp3) is 0.300. The number of fused-ring (bicyclic) bond motifs is 1. The van der Waals surface area contributed by atoms with E-state index < -0.39 is 0 Å². The number of anilines is 1. The van der Waals surface area contributed by atoms with E-state index in [0.717, 1.165) is 26.1 Å². The van der Waals surface area contributed by atoms with Crippen LogP contribution in [-0.2, 0) is 0 Å². The minimum Gasteiger partial charge on any atom is -0.494 e. The zero-order valence-corrected chi connectivity index (χ0v) is 19.8. The smallest absolute Gasteiger partial charge is 0.261 e. The standard InChI is InChI=1S/C20H22IN3O2S.ClH/c1-4-26-14-9-10-17-18(13-14)27-20(22-17)24(12-11-23(2)3)19(25)15-7-5-6-8-16(15)21;/h5-10,13H,4,11-12H2,1-3H3;1H. The molecule has 3 rings (SSSR count). The molecule has 28 heavy (non-hydrogen) atoms. The Morgan fingerprint density at radius 3 is 2.61 bits per heavy atom. The average Bonchev–Trinajstić information content (AvgIpc) is 3.05. The van der Waals surface area contributed by atoms with Gasteiger partial charge >= 0.3 is 0 Å². The Morgan fingerprint density at radius 2 is 1.93 bits per heavy atom. The molecule has 0 aliphatic carbocycles. The number of amides is 1. The summed E-state index contributed by atoms with van der Waals surface area (Å²) in [5.74, 6) is 0.801. The molecule has 2 aromatic carbocycles. The largest absolute Gasteiger partial charge is 0.494 e. The Labute approximate surface area is 189 Å². The van der Waals surface area contributed by atoms with Gasteiger partial charge in [-0.15, -0.1) is 12.4 Å². The molecular formula is C20H23ClIN3O2S. The Morgan fingerprint density at radius 1 is 1.18 bits per heavy atom. The van der Waals surface area contributed by atoms with Crippen LogP contribution in [0.25, 0.3) is 10.2 Å². The summed E-state index contributed by atoms with van der Waals surface area (Å²) in [7, 11) is 4.00. The summed E-state index contributed by atoms with van der Waals surface area (Å²) in [6.45, 7) is 3.92. The summed E-state index contributed by atoms with van der Waals surface area (Å²) < 4.78 is 7.54. The summed E-state index contributed by atoms with van der Waals surface area (Å²) in [6, 6.07) is 13.5. The molecule has 3 aromatic rings. The lowest BCUT2D eigenvalue weighted by atomic mass is 10.2. The van der Waals surface area contributed by atoms with Crippen molar-refractivity contribution in [3.05, 3.63) is 51.6 Å². The van der Waals surface area contributed by atoms with Crippen LogP contribution < -0.4 is 9.64 Å². The first-order chi connectivity index (χ1) is 13.0. The Bertz CT molecular complexity index is 948. The number of thiazole rings is 1. The van der Waals surface area contributed by atoms with E-state index >= 15 is 0 Å². The van der Waals surface area contributed by atoms with Crippen molar-refractivity contribution in [1.82, 2.24) is 9.88 Å². The summed E-state index contributed by atoms with van der Waals surface area (Å²) in [5, 5.41) is 0.713. The molecule has 0 unspecified atom stereocenters. The molecule has 0 aliphatic heterocycles. The lowest BCUT2D eigenvalue weighted by Crippen LogP contribution is -2.37. The summed E-state index contributed by atoms with van der Waals surface area (Å²) in [5.41, 5.74) is 1.58. The lowest BCUT2D eigenvalue weighted by Gasteiger charge is -2.22. The zero-order valence-electron chi connectivity index (χ0n) is 16.0. The fourth-order valence-electron chi connectivity index (χ4n) is 2.63. The van der Waals surface area contributed by atoms with Crippen LogP contribution in [0.3, 0.4) is 0 Å². The van der Waals surface area contributed by atoms with Crippen LogP contribution in [0.2, 0.25) is 0 Å². The predicted molar refractivity (Wildman–Crippen MR) is 127 cm³/mol. The maximum atomic E-state index is 13.3. The van der Waals surface area contributed by atoms with E-state index in [2.05, 4.69) is 27.5 Å². The minimum atomic E-state index is -0.0223. The van der Waals surface area contributed by atoms with E-state index in [9.17, 15) is 4.79 Å². The summed E-state index contributed by atoms with van der Waals surface area (Å²) >= 11 is 3.73. The number of rotatable bonds is 7. The third-order valence-electron chi connectivity index (χ3n) is 4.01. The van der Waals surface area contributed by atoms with Crippen molar-refractivity contribution in [2.45, 2.75) is 6.92 Å². The first kappa shape index (κ1) is 22.9. The molecule has 0 fully saturated rings. The number of halogens is 2. The molecule has 0 atom stereocenters. The number of aromatic nitrogens is 1. The molecular weight excluding hydrogens is 509 g/mol. The molecule has 0 bridgehead atoms. The molecule has 0 spiro atoms. The van der Waals surface area contributed by atoms with E-state index in [-0.39, 0.29) is 18.3 Å². The summed E-state index contributed by atoms with van der Waals surface area (Å²) in [6.07, 6.45) is 0. The van der Waals surface area contributed by atoms with Gasteiger partial charge in [-0.25, -0.2) is 4.98 Å². The molecule has 0 N–H and O–H groups in total. The predicted octanol–water partition coefficient (Wildman–Crippen LogP) is 4.93. The molecule has 1 amide bonds. The molecule has 1 aromatic heterocycles. The van der Waals surface area contributed by atoms with Gasteiger partial charge in [0.25, 0.3) is 5.91 Å². The molecule has 0 saturated heterocycles. The van der Waals surface area contributed by atoms with E-state index in [1.165, 1.54) is 11.3 Å². The van der Waals surface area contributed by atoms with E-state index in [1.807, 2.05) is 63.5 Å². The van der Waals surface area contributed by atoms with Crippen LogP contribution in [0.5, 0.6) is 5.75 Å². The second kappa shape index (κ2) is 10.4. The number of carbonyl (C=O) groups is 1. The molecule has 0 radical (unpaired) electrons. The molecule has 8 heteroatoms. The number of ether oxygens (including phenoxy) is 1. The number of carbonyl (C=O) groups excluding carboxylic acids is 1. The van der Waals surface area contributed by atoms with Crippen LogP contribution >= 0.6 is 46.3 Å². The van der Waals surface area contributed by atoms with Gasteiger partial charge in [0, 0.05) is 16.7 Å². The molecule has 1 heterocycles. The third-order valence-corrected chi connectivity index (χ3v) is 5.99. The molecule has 5 nitrogen and oxygen atoms in total. The second-order valence-corrected chi connectivity index (χ2v) is 8.47. The van der Waals surface area contributed by atoms with E-state index in [4.69, 9.17) is 9.72 Å². The van der Waals surface area contributed by atoms with Crippen LogP contribution in [0.1, 0.15) is 17.3 Å². The van der Waals surface area contributed by atoms with Crippen molar-refractivity contribution in [2.75, 3.05) is 38.7 Å². The highest BCUT2D eigenvalue weighted by molar-refractivity contribution is 14.1. The number of nitrogens with zero attached hydrogens (tertiary/aromatic N) is 3. The minimum absolute atomic E-state index is 0. The highest BCUT2D eigenvalue weighted by Gasteiger charge is 2.23. The first-order valence-corrected chi connectivity index (χ1v) is 10.6. The normalized spacial score (nSPS) is 10.8. The highest BCUT2D eigenvalue weighted by Crippen LogP contribution is 2.32. The SMILES string of the molecule is CCOc1ccc2nc(N(CCN(C)C)C(=O)c3ccccc3I)sc2c1.Cl. The van der Waals surface area contributed by atoms with Gasteiger partial charge in [-0.05, 0) is 73.9 Å². The number of likely N-dealkylation sites (N-methyl/N-ethyl adjacent to an activating group) is 1. The van der Waals surface area contributed by atoms with E-state index in [0.29, 0.717) is 23.8 Å². The molecule has 0 saturated carbocycles. The van der Waals surface area contributed by atoms with Crippen molar-refractivity contribution in [1.29, 1.82) is 0 Å². The van der Waals surface area contributed by atoms with Crippen LogP contribution in [-0.4, -0.2) is 49.6 Å². The Kier molecular flexibility index (Phi) is 8.48. The van der Waals surface area contributed by atoms with Crippen LogP contribution in [0.4, 0.5) is 5.13 Å². The van der Waals surface area contributed by atoms with Crippen LogP contribution in [0.15, 0.2) is 42.5 Å². The van der Waals surface area contributed by atoms with Crippen molar-refractivity contribution in [2.24, 2.45) is 0 Å². The average molecular weight is 532 g/mol. The van der Waals surface area contributed by atoms with E-state index in [1.54, 1.807) is 4.90 Å². The third kappa shape index (κ3) is 5.34. The quantitative estimate of drug-likeness (QED) is 0.406. The first-order valence-electron chi connectivity index (χ1n) is 8.74. The fourth-order valence-corrected chi connectivity index (χ4v) is 4.27. The lowest BCUT2D eigenvalue weighted by molar-refractivity contribution is 0.0984. The van der Waals surface area contributed by atoms with Gasteiger partial charge in [0.05, 0.1) is 22.4 Å². The van der Waals surface area contributed by atoms with Gasteiger partial charge in [-0.3, -0.25) is 9.69 Å². The van der Waals surface area contributed by atoms with Gasteiger partial charge in [-0.2, -0.15) is 0 Å². The van der Waals surface area contributed by atoms with Gasteiger partial charge in [0.2, 0.25) is 0 Å². The zero-order chi connectivity index (χ0) is 19.4.